The van der Waals surface area contributed by atoms with Crippen molar-refractivity contribution in [1.82, 2.24) is 0 Å². The fourth-order valence-corrected chi connectivity index (χ4v) is 1.60. The highest BCUT2D eigenvalue weighted by atomic mass is 14.9. The molecular weight excluding hydrogens is 182 g/mol. The summed E-state index contributed by atoms with van der Waals surface area (Å²) in [6.45, 7) is 11.1. The van der Waals surface area contributed by atoms with Crippen molar-refractivity contribution in [1.29, 1.82) is 0 Å². The molecule has 1 atom stereocenters. The molecule has 0 saturated carbocycles. The lowest BCUT2D eigenvalue weighted by Gasteiger charge is -2.17. The van der Waals surface area contributed by atoms with E-state index in [4.69, 9.17) is 0 Å². The molecule has 1 aromatic carbocycles. The molecule has 1 unspecified atom stereocenters. The highest BCUT2D eigenvalue weighted by Gasteiger charge is 2.09. The third-order valence-electron chi connectivity index (χ3n) is 2.89. The molecule has 0 aliphatic heterocycles. The standard InChI is InChI=1S/C14H23N/c1-10(2)12(5)13-6-8-14(9-7-13)15-11(3)4/h6-12,15H,1-5H3. The molecule has 0 bridgehead atoms. The van der Waals surface area contributed by atoms with Crippen LogP contribution in [0.2, 0.25) is 0 Å². The molecule has 0 aromatic heterocycles. The van der Waals surface area contributed by atoms with Crippen molar-refractivity contribution in [3.05, 3.63) is 29.8 Å². The molecule has 1 rings (SSSR count). The fraction of sp³-hybridized carbons (Fsp3) is 0.571. The summed E-state index contributed by atoms with van der Waals surface area (Å²) in [7, 11) is 0. The molecule has 1 heteroatoms. The van der Waals surface area contributed by atoms with Crippen molar-refractivity contribution in [2.45, 2.75) is 46.6 Å². The summed E-state index contributed by atoms with van der Waals surface area (Å²) in [4.78, 5) is 0. The van der Waals surface area contributed by atoms with Crippen molar-refractivity contribution in [2.24, 2.45) is 5.92 Å². The summed E-state index contributed by atoms with van der Waals surface area (Å²) >= 11 is 0. The van der Waals surface area contributed by atoms with Crippen molar-refractivity contribution < 1.29 is 0 Å². The molecule has 0 heterocycles. The van der Waals surface area contributed by atoms with Gasteiger partial charge in [-0.3, -0.25) is 0 Å². The first-order chi connectivity index (χ1) is 7.00. The molecule has 0 spiro atoms. The van der Waals surface area contributed by atoms with E-state index >= 15 is 0 Å². The van der Waals surface area contributed by atoms with Gasteiger partial charge in [-0.05, 0) is 43.4 Å². The minimum atomic E-state index is 0.498. The van der Waals surface area contributed by atoms with Crippen LogP contribution in [0.25, 0.3) is 0 Å². The fourth-order valence-electron chi connectivity index (χ4n) is 1.60. The van der Waals surface area contributed by atoms with Gasteiger partial charge in [0.1, 0.15) is 0 Å². The van der Waals surface area contributed by atoms with Gasteiger partial charge in [-0.15, -0.1) is 0 Å². The van der Waals surface area contributed by atoms with Gasteiger partial charge < -0.3 is 5.32 Å². The summed E-state index contributed by atoms with van der Waals surface area (Å²) in [6, 6.07) is 9.31. The zero-order valence-corrected chi connectivity index (χ0v) is 10.5. The zero-order chi connectivity index (χ0) is 11.4. The van der Waals surface area contributed by atoms with Crippen LogP contribution in [0.15, 0.2) is 24.3 Å². The van der Waals surface area contributed by atoms with Gasteiger partial charge in [-0.2, -0.15) is 0 Å². The van der Waals surface area contributed by atoms with Crippen LogP contribution in [0.3, 0.4) is 0 Å². The van der Waals surface area contributed by atoms with Crippen LogP contribution >= 0.6 is 0 Å². The second kappa shape index (κ2) is 5.20. The molecule has 0 radical (unpaired) electrons. The predicted octanol–water partition coefficient (Wildman–Crippen LogP) is 4.27. The molecular formula is C14H23N. The van der Waals surface area contributed by atoms with E-state index < -0.39 is 0 Å². The Kier molecular flexibility index (Phi) is 4.19. The van der Waals surface area contributed by atoms with Crippen molar-refractivity contribution in [3.8, 4) is 0 Å². The van der Waals surface area contributed by atoms with Gasteiger partial charge in [-0.25, -0.2) is 0 Å². The molecule has 84 valence electrons. The molecule has 1 N–H and O–H groups in total. The molecule has 0 fully saturated rings. The van der Waals surface area contributed by atoms with Crippen molar-refractivity contribution in [2.75, 3.05) is 5.32 Å². The Bertz CT molecular complexity index is 285. The Morgan fingerprint density at radius 2 is 1.40 bits per heavy atom. The largest absolute Gasteiger partial charge is 0.383 e. The van der Waals surface area contributed by atoms with E-state index in [2.05, 4.69) is 64.2 Å². The Balaban J connectivity index is 2.72. The van der Waals surface area contributed by atoms with Gasteiger partial charge in [0, 0.05) is 11.7 Å². The molecule has 0 saturated heterocycles. The van der Waals surface area contributed by atoms with E-state index in [0.717, 1.165) is 0 Å². The molecule has 0 aliphatic carbocycles. The first-order valence-corrected chi connectivity index (χ1v) is 5.87. The first kappa shape index (κ1) is 12.1. The third-order valence-corrected chi connectivity index (χ3v) is 2.89. The lowest BCUT2D eigenvalue weighted by atomic mass is 9.90. The minimum absolute atomic E-state index is 0.498. The Morgan fingerprint density at radius 3 is 1.80 bits per heavy atom. The van der Waals surface area contributed by atoms with Gasteiger partial charge in [-0.1, -0.05) is 32.9 Å². The maximum absolute atomic E-state index is 3.40. The van der Waals surface area contributed by atoms with Crippen molar-refractivity contribution >= 4 is 5.69 Å². The average molecular weight is 205 g/mol. The monoisotopic (exact) mass is 205 g/mol. The van der Waals surface area contributed by atoms with Crippen LogP contribution in [-0.2, 0) is 0 Å². The Hall–Kier alpha value is -0.980. The normalized spacial score (nSPS) is 13.3. The Labute approximate surface area is 93.9 Å². The number of hydrogen-bond acceptors (Lipinski definition) is 1. The highest BCUT2D eigenvalue weighted by molar-refractivity contribution is 5.45. The highest BCUT2D eigenvalue weighted by Crippen LogP contribution is 2.24. The van der Waals surface area contributed by atoms with Gasteiger partial charge in [0.2, 0.25) is 0 Å². The lowest BCUT2D eigenvalue weighted by molar-refractivity contribution is 0.535. The van der Waals surface area contributed by atoms with Crippen LogP contribution in [0, 0.1) is 5.92 Å². The van der Waals surface area contributed by atoms with Gasteiger partial charge >= 0.3 is 0 Å². The molecule has 15 heavy (non-hydrogen) atoms. The minimum Gasteiger partial charge on any atom is -0.383 e. The number of benzene rings is 1. The van der Waals surface area contributed by atoms with Crippen molar-refractivity contribution in [3.63, 3.8) is 0 Å². The lowest BCUT2D eigenvalue weighted by Crippen LogP contribution is -2.09. The quantitative estimate of drug-likeness (QED) is 0.774. The van der Waals surface area contributed by atoms with Crippen LogP contribution in [-0.4, -0.2) is 6.04 Å². The second-order valence-electron chi connectivity index (χ2n) is 4.95. The zero-order valence-electron chi connectivity index (χ0n) is 10.5. The summed E-state index contributed by atoms with van der Waals surface area (Å²) in [5, 5.41) is 3.40. The number of anilines is 1. The summed E-state index contributed by atoms with van der Waals surface area (Å²) < 4.78 is 0. The SMILES string of the molecule is CC(C)Nc1ccc(C(C)C(C)C)cc1. The maximum atomic E-state index is 3.40. The van der Waals surface area contributed by atoms with Crippen LogP contribution in [0.1, 0.15) is 46.1 Å². The smallest absolute Gasteiger partial charge is 0.0342 e. The summed E-state index contributed by atoms with van der Waals surface area (Å²) in [6.07, 6.45) is 0. The molecule has 1 aromatic rings. The third kappa shape index (κ3) is 3.58. The number of nitrogens with one attached hydrogen (secondary N) is 1. The van der Waals surface area contributed by atoms with E-state index in [1.54, 1.807) is 0 Å². The van der Waals surface area contributed by atoms with Crippen LogP contribution in [0.5, 0.6) is 0 Å². The van der Waals surface area contributed by atoms with Crippen LogP contribution < -0.4 is 5.32 Å². The van der Waals surface area contributed by atoms with E-state index in [0.29, 0.717) is 17.9 Å². The average Bonchev–Trinajstić information content (AvgIpc) is 2.17. The first-order valence-electron chi connectivity index (χ1n) is 5.87. The number of rotatable bonds is 4. The van der Waals surface area contributed by atoms with E-state index in [1.165, 1.54) is 11.3 Å². The molecule has 0 aliphatic rings. The van der Waals surface area contributed by atoms with E-state index in [9.17, 15) is 0 Å². The molecule has 1 nitrogen and oxygen atoms in total. The van der Waals surface area contributed by atoms with Gasteiger partial charge in [0.15, 0.2) is 0 Å². The number of hydrogen-bond donors (Lipinski definition) is 1. The topological polar surface area (TPSA) is 12.0 Å². The van der Waals surface area contributed by atoms with Gasteiger partial charge in [0.25, 0.3) is 0 Å². The van der Waals surface area contributed by atoms with Gasteiger partial charge in [0.05, 0.1) is 0 Å². The summed E-state index contributed by atoms with van der Waals surface area (Å²) in [5.74, 6) is 1.34. The predicted molar refractivity (Wildman–Crippen MR) is 68.5 cm³/mol. The van der Waals surface area contributed by atoms with Crippen LogP contribution in [0.4, 0.5) is 5.69 Å². The second-order valence-corrected chi connectivity index (χ2v) is 4.95. The maximum Gasteiger partial charge on any atom is 0.0342 e. The van der Waals surface area contributed by atoms with E-state index in [1.807, 2.05) is 0 Å². The Morgan fingerprint density at radius 1 is 0.867 bits per heavy atom. The molecule has 0 amide bonds. The summed E-state index contributed by atoms with van der Waals surface area (Å²) in [5.41, 5.74) is 2.64. The van der Waals surface area contributed by atoms with E-state index in [-0.39, 0.29) is 0 Å².